The van der Waals surface area contributed by atoms with E-state index in [0.717, 1.165) is 43.5 Å². The molecule has 4 unspecified atom stereocenters. The monoisotopic (exact) mass is 1860 g/mol. The molecule has 24 rings (SSSR count). The molecule has 6 nitrogen and oxygen atoms in total. The Bertz CT molecular complexity index is 7810. The van der Waals surface area contributed by atoms with Gasteiger partial charge < -0.3 is 29.4 Å². The maximum atomic E-state index is 2.87. The molecule has 712 valence electrons. The van der Waals surface area contributed by atoms with Crippen LogP contribution in [0, 0.1) is 0 Å². The molecular formula is C135H136B2N6. The van der Waals surface area contributed by atoms with Crippen LogP contribution >= 0.6 is 0 Å². The third-order valence-corrected chi connectivity index (χ3v) is 35.4. The lowest BCUT2D eigenvalue weighted by atomic mass is 9.33. The van der Waals surface area contributed by atoms with Crippen LogP contribution in [-0.2, 0) is 49.7 Å². The Morgan fingerprint density at radius 2 is 0.559 bits per heavy atom. The first-order valence-electron chi connectivity index (χ1n) is 53.0. The normalized spacial score (nSPS) is 19.2. The second kappa shape index (κ2) is 32.7. The summed E-state index contributed by atoms with van der Waals surface area (Å²) in [5.41, 5.74) is 47.9. The van der Waals surface area contributed by atoms with E-state index in [-0.39, 0.29) is 67.8 Å². The summed E-state index contributed by atoms with van der Waals surface area (Å²) in [5, 5.41) is 0. The maximum absolute atomic E-state index is 2.87. The van der Waals surface area contributed by atoms with E-state index >= 15 is 0 Å². The Morgan fingerprint density at radius 3 is 0.993 bits per heavy atom. The number of hydrogen-bond donors (Lipinski definition) is 0. The minimum Gasteiger partial charge on any atom is -0.334 e. The van der Waals surface area contributed by atoms with Crippen LogP contribution in [0.25, 0.3) is 44.5 Å². The van der Waals surface area contributed by atoms with Gasteiger partial charge in [-0.25, -0.2) is 0 Å². The second-order valence-corrected chi connectivity index (χ2v) is 49.8. The molecule has 0 saturated heterocycles. The van der Waals surface area contributed by atoms with E-state index in [4.69, 9.17) is 0 Å². The summed E-state index contributed by atoms with van der Waals surface area (Å²) in [6, 6.07) is 136. The number of rotatable bonds is 13. The highest BCUT2D eigenvalue weighted by atomic mass is 15.3. The van der Waals surface area contributed by atoms with Crippen molar-refractivity contribution in [2.75, 3.05) is 29.4 Å². The van der Waals surface area contributed by atoms with E-state index in [0.29, 0.717) is 0 Å². The molecular weight excluding hydrogens is 1730 g/mol. The van der Waals surface area contributed by atoms with Crippen LogP contribution in [0.5, 0.6) is 0 Å². The third kappa shape index (κ3) is 14.6. The Balaban J connectivity index is 0.650. The molecule has 6 aliphatic heterocycles. The van der Waals surface area contributed by atoms with Crippen molar-refractivity contribution >= 4 is 137 Å². The zero-order valence-electron chi connectivity index (χ0n) is 87.9. The van der Waals surface area contributed by atoms with Gasteiger partial charge >= 0.3 is 0 Å². The molecule has 2 aliphatic carbocycles. The second-order valence-electron chi connectivity index (χ2n) is 49.8. The summed E-state index contributed by atoms with van der Waals surface area (Å²) in [7, 11) is 0. The van der Waals surface area contributed by atoms with Crippen LogP contribution in [0.4, 0.5) is 91.0 Å². The Kier molecular flexibility index (Phi) is 21.0. The molecule has 8 aliphatic rings. The van der Waals surface area contributed by atoms with Crippen LogP contribution in [0.1, 0.15) is 240 Å². The SMILES string of the molecule is CC(C)(C)c1cccc(N2c3cc(C(C)(C)C)ccc3B3c4cc(-c5cccc(CC(C)(C)c6ccc7c(c6)C6(C)CCC6(C)N7c6cc7c8c(c6)N(c6cccc(C(C)(C)C)c6)c6cc(C(C)(C)C)ccc6B8c6cc(-c8ccccc8)ccc6N7c6ccc(-c7ccccc7)cc6)c5)ccc4N(c4ccc(-c5ccccc5)cc4)c4cc(N5c6ccc(C(C)(C)C)cc6C6(C)CCCCCC56C)cc2c43)c1. The van der Waals surface area contributed by atoms with Crippen molar-refractivity contribution in [3.8, 4) is 44.5 Å². The standard InChI is InChI=1S/C135H136B2N6/c1-126(2,3)96-45-35-47-104(76-96)140-119-81-100(130(13,14)15)56-64-111(119)137-113-75-95(54-66-117(113)139(103-61-51-92(52-62-103)89-40-28-23-29-41-89)120-82-106(84-122(140)125(120)137)142-114-67-57-98(128(7,8)9)78-108(114)132(18)69-32-25-33-70-134(132,142)20)93-44-34-37-87(73-93)86-131(16,17)101-58-68-115-109(79-101)133(19)71-72-135(133,21)143(115)107-83-121-124-123(85-107)141(105-48-36-46-97(77-105)127(4,5)6)118-80-99(129(10,11)12)55-63-110(118)136(124)112-74-94(90-42-30-24-31-43-90)53-65-116(112)138(121)102-59-49-91(50-60-102)88-38-26-22-27-39-88/h22-24,26-31,34-68,73-85H,25,32-33,69-72,86H2,1-21H3. The molecule has 0 aromatic heterocycles. The predicted molar refractivity (Wildman–Crippen MR) is 614 cm³/mol. The van der Waals surface area contributed by atoms with E-state index < -0.39 is 0 Å². The molecule has 0 bridgehead atoms. The van der Waals surface area contributed by atoms with Gasteiger partial charge in [-0.15, -0.1) is 0 Å². The molecule has 0 spiro atoms. The number of hydrogen-bond acceptors (Lipinski definition) is 6. The van der Waals surface area contributed by atoms with Crippen molar-refractivity contribution in [2.45, 2.75) is 251 Å². The van der Waals surface area contributed by atoms with Crippen molar-refractivity contribution in [1.82, 2.24) is 0 Å². The summed E-state index contributed by atoms with van der Waals surface area (Å²) >= 11 is 0. The highest BCUT2D eigenvalue weighted by molar-refractivity contribution is 7.01. The highest BCUT2D eigenvalue weighted by Gasteiger charge is 2.64. The number of benzene rings is 16. The molecule has 16 aromatic carbocycles. The van der Waals surface area contributed by atoms with Gasteiger partial charge in [-0.3, -0.25) is 0 Å². The van der Waals surface area contributed by atoms with E-state index in [1.807, 2.05) is 0 Å². The Hall–Kier alpha value is -13.6. The average Bonchev–Trinajstić information content (AvgIpc) is 1.44. The van der Waals surface area contributed by atoms with Gasteiger partial charge in [0, 0.05) is 102 Å². The fourth-order valence-corrected chi connectivity index (χ4v) is 26.5. The fraction of sp³-hybridized carbons (Fsp3) is 0.289. The topological polar surface area (TPSA) is 19.4 Å². The number of nitrogens with zero attached hydrogens (tertiary/aromatic N) is 6. The largest absolute Gasteiger partial charge is 0.334 e. The average molecular weight is 1860 g/mol. The van der Waals surface area contributed by atoms with Gasteiger partial charge in [0.15, 0.2) is 0 Å². The molecule has 4 atom stereocenters. The highest BCUT2D eigenvalue weighted by Crippen LogP contribution is 2.68. The molecule has 0 amide bonds. The first-order valence-corrected chi connectivity index (χ1v) is 53.0. The quantitative estimate of drug-likeness (QED) is 0.106. The molecule has 6 heterocycles. The summed E-state index contributed by atoms with van der Waals surface area (Å²) < 4.78 is 0. The van der Waals surface area contributed by atoms with E-state index in [9.17, 15) is 0 Å². The zero-order valence-corrected chi connectivity index (χ0v) is 87.9. The van der Waals surface area contributed by atoms with Crippen LogP contribution in [0.2, 0.25) is 0 Å². The van der Waals surface area contributed by atoms with Gasteiger partial charge in [0.25, 0.3) is 13.4 Å². The zero-order chi connectivity index (χ0) is 99.1. The predicted octanol–water partition coefficient (Wildman–Crippen LogP) is 32.6. The lowest BCUT2D eigenvalue weighted by molar-refractivity contribution is 0.133. The smallest absolute Gasteiger partial charge is 0.252 e. The van der Waals surface area contributed by atoms with Gasteiger partial charge in [0.1, 0.15) is 0 Å². The van der Waals surface area contributed by atoms with E-state index in [1.54, 1.807) is 0 Å². The first-order chi connectivity index (χ1) is 68.2. The van der Waals surface area contributed by atoms with Crippen molar-refractivity contribution in [2.24, 2.45) is 0 Å². The third-order valence-electron chi connectivity index (χ3n) is 35.4. The lowest BCUT2D eigenvalue weighted by Gasteiger charge is -2.56. The summed E-state index contributed by atoms with van der Waals surface area (Å²) in [6.07, 6.45) is 8.88. The molecule has 143 heavy (non-hydrogen) atoms. The van der Waals surface area contributed by atoms with Crippen molar-refractivity contribution in [1.29, 1.82) is 0 Å². The lowest BCUT2D eigenvalue weighted by Crippen LogP contribution is -2.62. The molecule has 8 heteroatoms. The Morgan fingerprint density at radius 1 is 0.224 bits per heavy atom. The molecule has 0 radical (unpaired) electrons. The van der Waals surface area contributed by atoms with E-state index in [2.05, 4.69) is 521 Å². The van der Waals surface area contributed by atoms with Crippen LogP contribution in [-0.4, -0.2) is 24.5 Å². The number of anilines is 16. The number of fused-ring (bicyclic) bond motifs is 14. The maximum Gasteiger partial charge on any atom is 0.252 e. The summed E-state index contributed by atoms with van der Waals surface area (Å²) in [4.78, 5) is 16.4. The van der Waals surface area contributed by atoms with Crippen LogP contribution in [0.15, 0.2) is 346 Å². The first kappa shape index (κ1) is 91.9. The fourth-order valence-electron chi connectivity index (χ4n) is 26.5. The van der Waals surface area contributed by atoms with Crippen molar-refractivity contribution < 1.29 is 0 Å². The molecule has 0 N–H and O–H groups in total. The molecule has 16 aromatic rings. The minimum atomic E-state index is -0.269. The van der Waals surface area contributed by atoms with Gasteiger partial charge in [0.2, 0.25) is 0 Å². The van der Waals surface area contributed by atoms with Crippen molar-refractivity contribution in [3.05, 3.63) is 396 Å². The Labute approximate surface area is 852 Å². The van der Waals surface area contributed by atoms with Crippen molar-refractivity contribution in [3.63, 3.8) is 0 Å². The van der Waals surface area contributed by atoms with Gasteiger partial charge in [0.05, 0.1) is 11.1 Å². The van der Waals surface area contributed by atoms with Gasteiger partial charge in [-0.1, -0.05) is 387 Å². The van der Waals surface area contributed by atoms with E-state index in [1.165, 1.54) is 226 Å². The van der Waals surface area contributed by atoms with Gasteiger partial charge in [-0.05, 0) is 315 Å². The summed E-state index contributed by atoms with van der Waals surface area (Å²) in [6.45, 7) is 50.8. The summed E-state index contributed by atoms with van der Waals surface area (Å²) in [5.74, 6) is 0. The van der Waals surface area contributed by atoms with Crippen LogP contribution in [0.3, 0.4) is 0 Å². The minimum absolute atomic E-state index is 0.0107. The molecule has 2 fully saturated rings. The van der Waals surface area contributed by atoms with Crippen LogP contribution < -0.4 is 62.2 Å². The van der Waals surface area contributed by atoms with Gasteiger partial charge in [-0.2, -0.15) is 0 Å². The molecule has 2 saturated carbocycles.